The van der Waals surface area contributed by atoms with E-state index in [1.807, 2.05) is 0 Å². The number of halogens is 2. The molecule has 3 atom stereocenters. The van der Waals surface area contributed by atoms with E-state index in [1.54, 1.807) is 6.07 Å². The summed E-state index contributed by atoms with van der Waals surface area (Å²) < 4.78 is 54.6. The predicted molar refractivity (Wildman–Crippen MR) is 90.6 cm³/mol. The van der Waals surface area contributed by atoms with Crippen LogP contribution in [-0.4, -0.2) is 49.0 Å². The Kier molecular flexibility index (Phi) is 3.97. The van der Waals surface area contributed by atoms with Crippen LogP contribution in [-0.2, 0) is 15.1 Å². The molecule has 4 rings (SSSR count). The molecule has 27 heavy (non-hydrogen) atoms. The SMILES string of the molecule is COC(=O)C1SC2(C(F)F)CC1(O)c1c(c(OC)c3occc3c1OC)O2. The number of methoxy groups -OCH3 is 3. The molecule has 1 saturated heterocycles. The van der Waals surface area contributed by atoms with Crippen molar-refractivity contribution >= 4 is 28.7 Å². The van der Waals surface area contributed by atoms with Gasteiger partial charge in [-0.1, -0.05) is 11.8 Å². The first-order chi connectivity index (χ1) is 12.8. The lowest BCUT2D eigenvalue weighted by Gasteiger charge is -2.38. The molecule has 0 saturated carbocycles. The highest BCUT2D eigenvalue weighted by Crippen LogP contribution is 2.66. The predicted octanol–water partition coefficient (Wildman–Crippen LogP) is 2.67. The summed E-state index contributed by atoms with van der Waals surface area (Å²) >= 11 is 0.534. The van der Waals surface area contributed by atoms with Gasteiger partial charge in [0.05, 0.1) is 38.5 Å². The molecule has 0 spiro atoms. The molecule has 1 aromatic carbocycles. The van der Waals surface area contributed by atoms with Crippen molar-refractivity contribution in [2.24, 2.45) is 0 Å². The topological polar surface area (TPSA) is 87.4 Å². The number of esters is 1. The van der Waals surface area contributed by atoms with Crippen molar-refractivity contribution in [3.05, 3.63) is 17.9 Å². The number of rotatable bonds is 4. The zero-order valence-electron chi connectivity index (χ0n) is 14.6. The van der Waals surface area contributed by atoms with Gasteiger partial charge >= 0.3 is 5.97 Å². The van der Waals surface area contributed by atoms with E-state index in [4.69, 9.17) is 23.4 Å². The van der Waals surface area contributed by atoms with E-state index >= 15 is 0 Å². The zero-order valence-corrected chi connectivity index (χ0v) is 15.4. The second-order valence-corrected chi connectivity index (χ2v) is 7.67. The van der Waals surface area contributed by atoms with E-state index < -0.39 is 34.6 Å². The highest BCUT2D eigenvalue weighted by atomic mass is 32.2. The summed E-state index contributed by atoms with van der Waals surface area (Å²) in [5.41, 5.74) is -1.72. The van der Waals surface area contributed by atoms with Gasteiger partial charge in [0.1, 0.15) is 16.6 Å². The van der Waals surface area contributed by atoms with Crippen molar-refractivity contribution in [1.29, 1.82) is 0 Å². The molecular weight excluding hydrogens is 386 g/mol. The molecule has 146 valence electrons. The Morgan fingerprint density at radius 3 is 2.63 bits per heavy atom. The molecule has 2 aliphatic rings. The molecule has 3 heterocycles. The Bertz CT molecular complexity index is 930. The van der Waals surface area contributed by atoms with Crippen LogP contribution in [0.25, 0.3) is 11.0 Å². The average Bonchev–Trinajstić information content (AvgIpc) is 3.21. The maximum Gasteiger partial charge on any atom is 0.322 e. The fourth-order valence-electron chi connectivity index (χ4n) is 3.79. The maximum atomic E-state index is 14.0. The lowest BCUT2D eigenvalue weighted by molar-refractivity contribution is -0.147. The van der Waals surface area contributed by atoms with E-state index in [1.165, 1.54) is 20.5 Å². The first kappa shape index (κ1) is 18.2. The van der Waals surface area contributed by atoms with Crippen LogP contribution in [0.2, 0.25) is 0 Å². The number of fused-ring (bicyclic) bond motifs is 5. The van der Waals surface area contributed by atoms with Crippen LogP contribution in [0.15, 0.2) is 16.7 Å². The molecule has 7 nitrogen and oxygen atoms in total. The molecule has 1 N–H and O–H groups in total. The van der Waals surface area contributed by atoms with Crippen LogP contribution in [0.1, 0.15) is 12.0 Å². The van der Waals surface area contributed by atoms with Crippen molar-refractivity contribution in [2.45, 2.75) is 28.6 Å². The Labute approximate surface area is 156 Å². The summed E-state index contributed by atoms with van der Waals surface area (Å²) in [4.78, 5) is 10.2. The second-order valence-electron chi connectivity index (χ2n) is 6.27. The van der Waals surface area contributed by atoms with Crippen molar-refractivity contribution in [3.63, 3.8) is 0 Å². The number of hydrogen-bond donors (Lipinski definition) is 1. The van der Waals surface area contributed by atoms with Crippen LogP contribution in [0.4, 0.5) is 8.78 Å². The van der Waals surface area contributed by atoms with Crippen LogP contribution in [0, 0.1) is 0 Å². The molecule has 2 aliphatic heterocycles. The van der Waals surface area contributed by atoms with Gasteiger partial charge < -0.3 is 28.5 Å². The smallest absolute Gasteiger partial charge is 0.322 e. The third-order valence-electron chi connectivity index (χ3n) is 4.91. The van der Waals surface area contributed by atoms with Crippen molar-refractivity contribution in [3.8, 4) is 17.2 Å². The largest absolute Gasteiger partial charge is 0.495 e. The van der Waals surface area contributed by atoms with Crippen LogP contribution in [0.5, 0.6) is 17.2 Å². The lowest BCUT2D eigenvalue weighted by Crippen LogP contribution is -2.46. The van der Waals surface area contributed by atoms with Gasteiger partial charge in [0, 0.05) is 6.42 Å². The van der Waals surface area contributed by atoms with Gasteiger partial charge in [-0.3, -0.25) is 4.79 Å². The maximum absolute atomic E-state index is 14.0. The molecule has 1 aromatic heterocycles. The summed E-state index contributed by atoms with van der Waals surface area (Å²) in [5, 5.41) is 10.6. The van der Waals surface area contributed by atoms with E-state index in [9.17, 15) is 18.7 Å². The summed E-state index contributed by atoms with van der Waals surface area (Å²) in [6, 6.07) is 1.59. The number of thioether (sulfide) groups is 1. The summed E-state index contributed by atoms with van der Waals surface area (Å²) in [7, 11) is 3.82. The van der Waals surface area contributed by atoms with Gasteiger partial charge in [0.15, 0.2) is 11.3 Å². The van der Waals surface area contributed by atoms with Crippen molar-refractivity contribution in [1.82, 2.24) is 0 Å². The third-order valence-corrected chi connectivity index (χ3v) is 6.53. The minimum atomic E-state index is -2.99. The molecular formula is C17H16F2O7S. The first-order valence-corrected chi connectivity index (χ1v) is 8.81. The zero-order chi connectivity index (χ0) is 19.6. The van der Waals surface area contributed by atoms with E-state index in [0.717, 1.165) is 7.11 Å². The fourth-order valence-corrected chi connectivity index (χ4v) is 5.31. The van der Waals surface area contributed by atoms with Crippen molar-refractivity contribution < 1.29 is 42.0 Å². The average molecular weight is 402 g/mol. The number of carbonyl (C=O) groups is 1. The highest BCUT2D eigenvalue weighted by molar-refractivity contribution is 8.02. The van der Waals surface area contributed by atoms with Gasteiger partial charge in [0.2, 0.25) is 10.7 Å². The lowest BCUT2D eigenvalue weighted by atomic mass is 9.81. The van der Waals surface area contributed by atoms with E-state index in [2.05, 4.69) is 0 Å². The van der Waals surface area contributed by atoms with Crippen LogP contribution < -0.4 is 14.2 Å². The molecule has 1 fully saturated rings. The molecule has 2 aromatic rings. The number of ether oxygens (including phenoxy) is 4. The summed E-state index contributed by atoms with van der Waals surface area (Å²) in [6.07, 6.45) is -2.13. The minimum Gasteiger partial charge on any atom is -0.495 e. The minimum absolute atomic E-state index is 0.0417. The number of hydrogen-bond acceptors (Lipinski definition) is 8. The van der Waals surface area contributed by atoms with Gasteiger partial charge in [0.25, 0.3) is 6.43 Å². The standard InChI is InChI=1S/C17H16F2O7S/c1-22-9-7-4-5-25-10(7)12(23-2)11-8(9)16(21)6-17(26-11,15(18)19)27-13(16)14(20)24-3/h4-5,13,15,21H,6H2,1-3H3. The number of carbonyl (C=O) groups excluding carboxylic acids is 1. The molecule has 10 heteroatoms. The highest BCUT2D eigenvalue weighted by Gasteiger charge is 2.69. The number of alkyl halides is 2. The monoisotopic (exact) mass is 402 g/mol. The Morgan fingerprint density at radius 1 is 1.33 bits per heavy atom. The Morgan fingerprint density at radius 2 is 2.04 bits per heavy atom. The van der Waals surface area contributed by atoms with Crippen LogP contribution in [0.3, 0.4) is 0 Å². The summed E-state index contributed by atoms with van der Waals surface area (Å²) in [6.45, 7) is 0. The summed E-state index contributed by atoms with van der Waals surface area (Å²) in [5.74, 6) is -0.768. The Balaban J connectivity index is 2.09. The fraction of sp³-hybridized carbons (Fsp3) is 0.471. The molecule has 3 unspecified atom stereocenters. The number of furan rings is 1. The Hall–Kier alpha value is -2.20. The molecule has 0 radical (unpaired) electrons. The second kappa shape index (κ2) is 5.90. The van der Waals surface area contributed by atoms with Gasteiger partial charge in [-0.05, 0) is 6.07 Å². The van der Waals surface area contributed by atoms with Gasteiger partial charge in [-0.15, -0.1) is 0 Å². The normalized spacial score (nSPS) is 28.8. The quantitative estimate of drug-likeness (QED) is 0.782. The molecule has 0 amide bonds. The number of aliphatic hydroxyl groups is 1. The van der Waals surface area contributed by atoms with Gasteiger partial charge in [-0.25, -0.2) is 8.78 Å². The van der Waals surface area contributed by atoms with Crippen LogP contribution >= 0.6 is 11.8 Å². The van der Waals surface area contributed by atoms with Crippen molar-refractivity contribution in [2.75, 3.05) is 21.3 Å². The number of benzene rings is 1. The van der Waals surface area contributed by atoms with Gasteiger partial charge in [-0.2, -0.15) is 0 Å². The van der Waals surface area contributed by atoms with E-state index in [-0.39, 0.29) is 28.4 Å². The molecule has 2 bridgehead atoms. The third kappa shape index (κ3) is 2.19. The van der Waals surface area contributed by atoms with E-state index in [0.29, 0.717) is 17.1 Å². The first-order valence-electron chi connectivity index (χ1n) is 7.93. The molecule has 0 aliphatic carbocycles.